The predicted octanol–water partition coefficient (Wildman–Crippen LogP) is 2.94. The number of aromatic nitrogens is 1. The minimum Gasteiger partial charge on any atom is -0.333 e. The first-order valence-corrected chi connectivity index (χ1v) is 5.03. The summed E-state index contributed by atoms with van der Waals surface area (Å²) in [7, 11) is 1.88. The van der Waals surface area contributed by atoms with Gasteiger partial charge in [-0.1, -0.05) is 35.3 Å². The number of rotatable bonds is 1. The van der Waals surface area contributed by atoms with Crippen LogP contribution in [-0.2, 0) is 13.6 Å². The van der Waals surface area contributed by atoms with Crippen LogP contribution >= 0.6 is 23.2 Å². The Balaban J connectivity index is 2.95. The van der Waals surface area contributed by atoms with Gasteiger partial charge in [0.25, 0.3) is 0 Å². The number of fused-ring (bicyclic) bond motifs is 1. The molecule has 2 rings (SSSR count). The van der Waals surface area contributed by atoms with Crippen molar-refractivity contribution in [1.29, 1.82) is 0 Å². The standard InChI is InChI=1S/C10H10Cl2N2/c1-14-9-6(3-2-4-8(9)11)7(5-13)10(14)12/h2-4H,5,13H2,1H3. The molecule has 2 N–H and O–H groups in total. The average Bonchev–Trinajstić information content (AvgIpc) is 2.41. The van der Waals surface area contributed by atoms with Gasteiger partial charge in [-0.2, -0.15) is 0 Å². The summed E-state index contributed by atoms with van der Waals surface area (Å²) in [5.74, 6) is 0. The zero-order valence-corrected chi connectivity index (χ0v) is 9.23. The largest absolute Gasteiger partial charge is 0.333 e. The first-order valence-electron chi connectivity index (χ1n) is 4.28. The van der Waals surface area contributed by atoms with Crippen molar-refractivity contribution in [2.75, 3.05) is 0 Å². The molecule has 0 saturated carbocycles. The topological polar surface area (TPSA) is 30.9 Å². The minimum absolute atomic E-state index is 0.427. The number of halogens is 2. The molecule has 14 heavy (non-hydrogen) atoms. The maximum Gasteiger partial charge on any atom is 0.114 e. The van der Waals surface area contributed by atoms with Gasteiger partial charge in [-0.05, 0) is 6.07 Å². The Morgan fingerprint density at radius 1 is 1.36 bits per heavy atom. The molecule has 1 aromatic carbocycles. The molecular weight excluding hydrogens is 219 g/mol. The molecule has 0 aliphatic carbocycles. The number of nitrogens with zero attached hydrogens (tertiary/aromatic N) is 1. The molecule has 0 radical (unpaired) electrons. The smallest absolute Gasteiger partial charge is 0.114 e. The molecule has 0 spiro atoms. The van der Waals surface area contributed by atoms with Crippen molar-refractivity contribution in [2.24, 2.45) is 12.8 Å². The third-order valence-corrected chi connectivity index (χ3v) is 3.18. The summed E-state index contributed by atoms with van der Waals surface area (Å²) < 4.78 is 1.86. The summed E-state index contributed by atoms with van der Waals surface area (Å²) in [6, 6.07) is 5.73. The van der Waals surface area contributed by atoms with Gasteiger partial charge in [0.1, 0.15) is 5.15 Å². The molecule has 74 valence electrons. The predicted molar refractivity (Wildman–Crippen MR) is 60.8 cm³/mol. The van der Waals surface area contributed by atoms with E-state index in [1.807, 2.05) is 29.8 Å². The highest BCUT2D eigenvalue weighted by Crippen LogP contribution is 2.32. The summed E-state index contributed by atoms with van der Waals surface area (Å²) in [4.78, 5) is 0. The molecule has 1 aromatic heterocycles. The van der Waals surface area contributed by atoms with E-state index in [1.54, 1.807) is 0 Å². The van der Waals surface area contributed by atoms with Crippen molar-refractivity contribution in [3.63, 3.8) is 0 Å². The summed E-state index contributed by atoms with van der Waals surface area (Å²) in [6.45, 7) is 0.427. The zero-order valence-electron chi connectivity index (χ0n) is 7.72. The fourth-order valence-corrected chi connectivity index (χ4v) is 2.27. The Morgan fingerprint density at radius 2 is 2.07 bits per heavy atom. The molecule has 0 amide bonds. The van der Waals surface area contributed by atoms with Crippen LogP contribution in [0, 0.1) is 0 Å². The van der Waals surface area contributed by atoms with Crippen LogP contribution in [0.1, 0.15) is 5.56 Å². The molecular formula is C10H10Cl2N2. The van der Waals surface area contributed by atoms with Crippen molar-refractivity contribution < 1.29 is 0 Å². The van der Waals surface area contributed by atoms with Crippen LogP contribution in [0.4, 0.5) is 0 Å². The summed E-state index contributed by atoms with van der Waals surface area (Å²) in [5, 5.41) is 2.40. The minimum atomic E-state index is 0.427. The van der Waals surface area contributed by atoms with Gasteiger partial charge in [-0.25, -0.2) is 0 Å². The quantitative estimate of drug-likeness (QED) is 0.800. The maximum atomic E-state index is 6.13. The molecule has 0 bridgehead atoms. The fourth-order valence-electron chi connectivity index (χ4n) is 1.71. The first kappa shape index (κ1) is 9.84. The molecule has 0 aliphatic heterocycles. The van der Waals surface area contributed by atoms with E-state index in [4.69, 9.17) is 28.9 Å². The van der Waals surface area contributed by atoms with Crippen LogP contribution in [0.15, 0.2) is 18.2 Å². The third-order valence-electron chi connectivity index (χ3n) is 2.39. The second-order valence-electron chi connectivity index (χ2n) is 3.17. The highest BCUT2D eigenvalue weighted by molar-refractivity contribution is 6.37. The van der Waals surface area contributed by atoms with Crippen LogP contribution in [0.5, 0.6) is 0 Å². The molecule has 1 heterocycles. The second kappa shape index (κ2) is 3.46. The Kier molecular flexibility index (Phi) is 2.43. The summed E-state index contributed by atoms with van der Waals surface area (Å²) >= 11 is 12.2. The average molecular weight is 229 g/mol. The van der Waals surface area contributed by atoms with Gasteiger partial charge in [-0.3, -0.25) is 0 Å². The number of aryl methyl sites for hydroxylation is 1. The van der Waals surface area contributed by atoms with E-state index in [0.29, 0.717) is 16.7 Å². The lowest BCUT2D eigenvalue weighted by Gasteiger charge is -1.98. The van der Waals surface area contributed by atoms with Crippen LogP contribution in [0.2, 0.25) is 10.2 Å². The molecule has 0 saturated heterocycles. The summed E-state index contributed by atoms with van der Waals surface area (Å²) in [6.07, 6.45) is 0. The lowest BCUT2D eigenvalue weighted by Crippen LogP contribution is -1.96. The monoisotopic (exact) mass is 228 g/mol. The van der Waals surface area contributed by atoms with Gasteiger partial charge in [0.15, 0.2) is 0 Å². The van der Waals surface area contributed by atoms with Crippen LogP contribution in [0.25, 0.3) is 10.9 Å². The fraction of sp³-hybridized carbons (Fsp3) is 0.200. The molecule has 2 aromatic rings. The first-order chi connectivity index (χ1) is 6.66. The number of para-hydroxylation sites is 1. The van der Waals surface area contributed by atoms with E-state index in [0.717, 1.165) is 16.5 Å². The Hall–Kier alpha value is -0.700. The third kappa shape index (κ3) is 1.22. The van der Waals surface area contributed by atoms with E-state index < -0.39 is 0 Å². The lowest BCUT2D eigenvalue weighted by molar-refractivity contribution is 0.950. The Morgan fingerprint density at radius 3 is 2.71 bits per heavy atom. The highest BCUT2D eigenvalue weighted by atomic mass is 35.5. The summed E-state index contributed by atoms with van der Waals surface area (Å²) in [5.41, 5.74) is 7.53. The number of hydrogen-bond donors (Lipinski definition) is 1. The van der Waals surface area contributed by atoms with Gasteiger partial charge in [0, 0.05) is 24.5 Å². The molecule has 0 fully saturated rings. The maximum absolute atomic E-state index is 6.13. The van der Waals surface area contributed by atoms with E-state index in [-0.39, 0.29) is 0 Å². The molecule has 0 unspecified atom stereocenters. The molecule has 0 aliphatic rings. The van der Waals surface area contributed by atoms with Crippen molar-refractivity contribution in [2.45, 2.75) is 6.54 Å². The molecule has 0 atom stereocenters. The van der Waals surface area contributed by atoms with Crippen molar-refractivity contribution >= 4 is 34.1 Å². The highest BCUT2D eigenvalue weighted by Gasteiger charge is 2.13. The number of hydrogen-bond acceptors (Lipinski definition) is 1. The van der Waals surface area contributed by atoms with Crippen molar-refractivity contribution in [3.05, 3.63) is 33.9 Å². The van der Waals surface area contributed by atoms with E-state index >= 15 is 0 Å². The van der Waals surface area contributed by atoms with Gasteiger partial charge < -0.3 is 10.3 Å². The van der Waals surface area contributed by atoms with Crippen molar-refractivity contribution in [3.8, 4) is 0 Å². The van der Waals surface area contributed by atoms with Crippen LogP contribution < -0.4 is 5.73 Å². The molecule has 4 heteroatoms. The van der Waals surface area contributed by atoms with Gasteiger partial charge in [-0.15, -0.1) is 0 Å². The van der Waals surface area contributed by atoms with Gasteiger partial charge in [0.05, 0.1) is 10.5 Å². The van der Waals surface area contributed by atoms with Gasteiger partial charge in [0.2, 0.25) is 0 Å². The van der Waals surface area contributed by atoms with Crippen LogP contribution in [-0.4, -0.2) is 4.57 Å². The Bertz CT molecular complexity index is 488. The zero-order chi connectivity index (χ0) is 10.3. The van der Waals surface area contributed by atoms with Crippen LogP contribution in [0.3, 0.4) is 0 Å². The Labute approximate surface area is 92.2 Å². The van der Waals surface area contributed by atoms with Crippen molar-refractivity contribution in [1.82, 2.24) is 4.57 Å². The lowest BCUT2D eigenvalue weighted by atomic mass is 10.2. The molecule has 2 nitrogen and oxygen atoms in total. The normalized spacial score (nSPS) is 11.1. The second-order valence-corrected chi connectivity index (χ2v) is 3.93. The SMILES string of the molecule is Cn1c(Cl)c(CN)c2cccc(Cl)c21. The van der Waals surface area contributed by atoms with Gasteiger partial charge >= 0.3 is 0 Å². The van der Waals surface area contributed by atoms with E-state index in [1.165, 1.54) is 0 Å². The van der Waals surface area contributed by atoms with E-state index in [9.17, 15) is 0 Å². The number of benzene rings is 1. The number of nitrogens with two attached hydrogens (primary N) is 1. The van der Waals surface area contributed by atoms with E-state index in [2.05, 4.69) is 0 Å².